The van der Waals surface area contributed by atoms with Gasteiger partial charge in [0.1, 0.15) is 4.90 Å². The van der Waals surface area contributed by atoms with Crippen molar-refractivity contribution in [2.45, 2.75) is 11.8 Å². The fourth-order valence-corrected chi connectivity index (χ4v) is 2.13. The predicted molar refractivity (Wildman–Crippen MR) is 54.8 cm³/mol. The van der Waals surface area contributed by atoms with Gasteiger partial charge in [0.05, 0.1) is 6.20 Å². The van der Waals surface area contributed by atoms with E-state index in [0.29, 0.717) is 13.2 Å². The number of nitrogens with zero attached hydrogens (tertiary/aromatic N) is 1. The summed E-state index contributed by atoms with van der Waals surface area (Å²) in [5.74, 6) is 0.136. The Morgan fingerprint density at radius 2 is 2.40 bits per heavy atom. The van der Waals surface area contributed by atoms with E-state index in [4.69, 9.17) is 4.74 Å². The summed E-state index contributed by atoms with van der Waals surface area (Å²) >= 11 is 0. The van der Waals surface area contributed by atoms with E-state index >= 15 is 0 Å². The highest BCUT2D eigenvalue weighted by molar-refractivity contribution is 7.89. The SMILES string of the molecule is COCC(C)CNS(=O)(=O)c1cn[nH]c1. The maximum Gasteiger partial charge on any atom is 0.243 e. The second-order valence-corrected chi connectivity index (χ2v) is 5.11. The average Bonchev–Trinajstić information content (AvgIpc) is 2.69. The maximum absolute atomic E-state index is 11.6. The van der Waals surface area contributed by atoms with Crippen molar-refractivity contribution in [2.24, 2.45) is 5.92 Å². The molecule has 15 heavy (non-hydrogen) atoms. The number of hydrogen-bond donors (Lipinski definition) is 2. The monoisotopic (exact) mass is 233 g/mol. The van der Waals surface area contributed by atoms with E-state index in [1.54, 1.807) is 7.11 Å². The molecule has 1 aromatic rings. The van der Waals surface area contributed by atoms with Crippen molar-refractivity contribution in [3.63, 3.8) is 0 Å². The first-order valence-corrected chi connectivity index (χ1v) is 6.02. The number of rotatable bonds is 6. The summed E-state index contributed by atoms with van der Waals surface area (Å²) in [5, 5.41) is 6.04. The van der Waals surface area contributed by atoms with E-state index in [0.717, 1.165) is 0 Å². The molecular formula is C8H15N3O3S. The zero-order chi connectivity index (χ0) is 11.3. The maximum atomic E-state index is 11.6. The molecule has 0 aromatic carbocycles. The van der Waals surface area contributed by atoms with E-state index in [1.165, 1.54) is 12.4 Å². The normalized spacial score (nSPS) is 14.0. The van der Waals surface area contributed by atoms with Crippen molar-refractivity contribution in [1.82, 2.24) is 14.9 Å². The minimum atomic E-state index is -3.43. The standard InChI is InChI=1S/C8H15N3O3S/c1-7(6-14-2)3-11-15(12,13)8-4-9-10-5-8/h4-5,7,11H,3,6H2,1-2H3,(H,9,10). The molecule has 6 nitrogen and oxygen atoms in total. The summed E-state index contributed by atoms with van der Waals surface area (Å²) in [6.45, 7) is 2.77. The van der Waals surface area contributed by atoms with Gasteiger partial charge in [-0.1, -0.05) is 6.92 Å². The van der Waals surface area contributed by atoms with Crippen molar-refractivity contribution >= 4 is 10.0 Å². The number of hydrogen-bond acceptors (Lipinski definition) is 4. The number of H-pyrrole nitrogens is 1. The molecular weight excluding hydrogens is 218 g/mol. The molecule has 1 atom stereocenters. The van der Waals surface area contributed by atoms with Crippen LogP contribution in [0.15, 0.2) is 17.3 Å². The van der Waals surface area contributed by atoms with Crippen LogP contribution in [-0.4, -0.2) is 38.9 Å². The van der Waals surface area contributed by atoms with Crippen LogP contribution in [0.1, 0.15) is 6.92 Å². The largest absolute Gasteiger partial charge is 0.384 e. The minimum absolute atomic E-state index is 0.136. The zero-order valence-corrected chi connectivity index (χ0v) is 9.54. The van der Waals surface area contributed by atoms with Crippen LogP contribution in [0.2, 0.25) is 0 Å². The van der Waals surface area contributed by atoms with Crippen LogP contribution in [0, 0.1) is 5.92 Å². The molecule has 0 saturated carbocycles. The number of sulfonamides is 1. The molecule has 0 aliphatic rings. The van der Waals surface area contributed by atoms with Gasteiger partial charge in [-0.15, -0.1) is 0 Å². The summed E-state index contributed by atoms with van der Waals surface area (Å²) in [4.78, 5) is 0.145. The van der Waals surface area contributed by atoms with E-state index < -0.39 is 10.0 Å². The highest BCUT2D eigenvalue weighted by Gasteiger charge is 2.15. The first-order valence-electron chi connectivity index (χ1n) is 4.53. The molecule has 0 spiro atoms. The molecule has 0 radical (unpaired) electrons. The van der Waals surface area contributed by atoms with Crippen molar-refractivity contribution in [1.29, 1.82) is 0 Å². The first-order chi connectivity index (χ1) is 7.06. The van der Waals surface area contributed by atoms with Crippen LogP contribution in [0.4, 0.5) is 0 Å². The summed E-state index contributed by atoms with van der Waals surface area (Å²) in [5.41, 5.74) is 0. The zero-order valence-electron chi connectivity index (χ0n) is 8.73. The molecule has 0 fully saturated rings. The molecule has 1 unspecified atom stereocenters. The molecule has 0 amide bonds. The van der Waals surface area contributed by atoms with E-state index in [1.807, 2.05) is 6.92 Å². The van der Waals surface area contributed by atoms with Crippen LogP contribution in [0.25, 0.3) is 0 Å². The molecule has 86 valence electrons. The third-order valence-corrected chi connectivity index (χ3v) is 3.25. The van der Waals surface area contributed by atoms with Crippen molar-refractivity contribution in [3.05, 3.63) is 12.4 Å². The molecule has 1 aromatic heterocycles. The highest BCUT2D eigenvalue weighted by Crippen LogP contribution is 2.04. The smallest absolute Gasteiger partial charge is 0.243 e. The molecule has 1 rings (SSSR count). The van der Waals surface area contributed by atoms with Gasteiger partial charge in [0, 0.05) is 26.5 Å². The third-order valence-electron chi connectivity index (χ3n) is 1.86. The lowest BCUT2D eigenvalue weighted by atomic mass is 10.2. The molecule has 2 N–H and O–H groups in total. The summed E-state index contributed by atoms with van der Waals surface area (Å²) in [7, 11) is -1.85. The average molecular weight is 233 g/mol. The highest BCUT2D eigenvalue weighted by atomic mass is 32.2. The number of nitrogens with one attached hydrogen (secondary N) is 2. The Morgan fingerprint density at radius 3 is 2.93 bits per heavy atom. The summed E-state index contributed by atoms with van der Waals surface area (Å²) in [6, 6.07) is 0. The Labute approximate surface area is 89.1 Å². The first kappa shape index (κ1) is 12.2. The fourth-order valence-electron chi connectivity index (χ4n) is 1.06. The van der Waals surface area contributed by atoms with Crippen LogP contribution < -0.4 is 4.72 Å². The minimum Gasteiger partial charge on any atom is -0.384 e. The Kier molecular flexibility index (Phi) is 4.25. The second kappa shape index (κ2) is 5.24. The van der Waals surface area contributed by atoms with Gasteiger partial charge >= 0.3 is 0 Å². The van der Waals surface area contributed by atoms with Crippen LogP contribution >= 0.6 is 0 Å². The number of aromatic nitrogens is 2. The molecule has 1 heterocycles. The van der Waals surface area contributed by atoms with Gasteiger partial charge in [0.25, 0.3) is 0 Å². The Balaban J connectivity index is 2.52. The number of ether oxygens (including phenoxy) is 1. The molecule has 0 aliphatic heterocycles. The van der Waals surface area contributed by atoms with E-state index in [9.17, 15) is 8.42 Å². The van der Waals surface area contributed by atoms with E-state index in [2.05, 4.69) is 14.9 Å². The van der Waals surface area contributed by atoms with Crippen LogP contribution in [0.3, 0.4) is 0 Å². The van der Waals surface area contributed by atoms with Crippen molar-refractivity contribution in [3.8, 4) is 0 Å². The second-order valence-electron chi connectivity index (χ2n) is 3.35. The van der Waals surface area contributed by atoms with Gasteiger partial charge in [0.2, 0.25) is 10.0 Å². The topological polar surface area (TPSA) is 84.1 Å². The van der Waals surface area contributed by atoms with Gasteiger partial charge in [-0.25, -0.2) is 13.1 Å². The Hall–Kier alpha value is -0.920. The lowest BCUT2D eigenvalue weighted by Gasteiger charge is -2.10. The fraction of sp³-hybridized carbons (Fsp3) is 0.625. The number of aromatic amines is 1. The van der Waals surface area contributed by atoms with Gasteiger partial charge < -0.3 is 4.74 Å². The summed E-state index contributed by atoms with van der Waals surface area (Å²) < 4.78 is 30.6. The van der Waals surface area contributed by atoms with Crippen LogP contribution in [-0.2, 0) is 14.8 Å². The third kappa shape index (κ3) is 3.61. The molecule has 0 bridgehead atoms. The van der Waals surface area contributed by atoms with E-state index in [-0.39, 0.29) is 10.8 Å². The van der Waals surface area contributed by atoms with Gasteiger partial charge in [-0.05, 0) is 5.92 Å². The molecule has 0 saturated heterocycles. The van der Waals surface area contributed by atoms with Gasteiger partial charge in [-0.3, -0.25) is 5.10 Å². The number of methoxy groups -OCH3 is 1. The van der Waals surface area contributed by atoms with Gasteiger partial charge in [-0.2, -0.15) is 5.10 Å². The molecule has 0 aliphatic carbocycles. The predicted octanol–water partition coefficient (Wildman–Crippen LogP) is -0.0295. The quantitative estimate of drug-likeness (QED) is 0.722. The lowest BCUT2D eigenvalue weighted by Crippen LogP contribution is -2.29. The Bertz CT molecular complexity index is 374. The Morgan fingerprint density at radius 1 is 1.67 bits per heavy atom. The van der Waals surface area contributed by atoms with Crippen molar-refractivity contribution < 1.29 is 13.2 Å². The lowest BCUT2D eigenvalue weighted by molar-refractivity contribution is 0.161. The molecule has 7 heteroatoms. The van der Waals surface area contributed by atoms with Crippen molar-refractivity contribution in [2.75, 3.05) is 20.3 Å². The van der Waals surface area contributed by atoms with Crippen LogP contribution in [0.5, 0.6) is 0 Å². The summed E-state index contributed by atoms with van der Waals surface area (Å²) in [6.07, 6.45) is 2.60. The van der Waals surface area contributed by atoms with Gasteiger partial charge in [0.15, 0.2) is 0 Å².